The lowest BCUT2D eigenvalue weighted by Gasteiger charge is -2.34. The van der Waals surface area contributed by atoms with Crippen LogP contribution in [0.1, 0.15) is 53.9 Å². The Morgan fingerprint density at radius 2 is 1.81 bits per heavy atom. The molecule has 0 aromatic heterocycles. The number of hydrogen-bond donors (Lipinski definition) is 2. The lowest BCUT2D eigenvalue weighted by molar-refractivity contribution is -0.159. The molecule has 3 N–H and O–H groups in total. The Balaban J connectivity index is 1.71. The van der Waals surface area contributed by atoms with E-state index in [-0.39, 0.29) is 12.6 Å². The first-order chi connectivity index (χ1) is 15.1. The van der Waals surface area contributed by atoms with Gasteiger partial charge in [0.15, 0.2) is 0 Å². The standard InChI is InChI=1S/C24H35BN2O5/c1-6-29-21(28)24(17-30-20(16-26)27-19-10-8-7-9-11-19)14-12-18(13-15-24)25-31-22(2,3)23(4,5)32-25/h7-12,16,27H,6,13-15,17,26H2,1-5H3/b20-16+. The van der Waals surface area contributed by atoms with E-state index >= 15 is 0 Å². The van der Waals surface area contributed by atoms with Crippen LogP contribution in [0.2, 0.25) is 0 Å². The quantitative estimate of drug-likeness (QED) is 0.355. The van der Waals surface area contributed by atoms with Crippen LogP contribution in [0, 0.1) is 5.41 Å². The molecule has 0 spiro atoms. The molecule has 1 unspecified atom stereocenters. The van der Waals surface area contributed by atoms with Crippen molar-refractivity contribution in [2.75, 3.05) is 18.5 Å². The Morgan fingerprint density at radius 1 is 1.16 bits per heavy atom. The molecule has 0 radical (unpaired) electrons. The summed E-state index contributed by atoms with van der Waals surface area (Å²) in [7, 11) is -0.402. The third-order valence-electron chi connectivity index (χ3n) is 6.61. The van der Waals surface area contributed by atoms with Crippen molar-refractivity contribution >= 4 is 18.8 Å². The summed E-state index contributed by atoms with van der Waals surface area (Å²) in [5.74, 6) is 0.126. The molecule has 174 valence electrons. The summed E-state index contributed by atoms with van der Waals surface area (Å²) in [6.45, 7) is 10.4. The fourth-order valence-corrected chi connectivity index (χ4v) is 3.79. The maximum absolute atomic E-state index is 12.9. The highest BCUT2D eigenvalue weighted by Crippen LogP contribution is 2.43. The molecule has 1 aliphatic heterocycles. The van der Waals surface area contributed by atoms with Crippen molar-refractivity contribution in [1.29, 1.82) is 0 Å². The van der Waals surface area contributed by atoms with E-state index < -0.39 is 23.7 Å². The molecule has 7 nitrogen and oxygen atoms in total. The molecule has 32 heavy (non-hydrogen) atoms. The van der Waals surface area contributed by atoms with E-state index in [2.05, 4.69) is 5.32 Å². The molecule has 1 saturated heterocycles. The SMILES string of the molecule is CCOC(=O)C1(CO/C(=C/N)Nc2ccccc2)CC=C(B2OC(C)(C)C(C)(C)O2)CC1. The van der Waals surface area contributed by atoms with Gasteiger partial charge >= 0.3 is 13.1 Å². The number of rotatable bonds is 8. The number of carbonyl (C=O) groups is 1. The minimum Gasteiger partial charge on any atom is -0.477 e. The Labute approximate surface area is 191 Å². The summed E-state index contributed by atoms with van der Waals surface area (Å²) in [6, 6.07) is 9.58. The van der Waals surface area contributed by atoms with E-state index in [0.29, 0.717) is 31.8 Å². The van der Waals surface area contributed by atoms with Gasteiger partial charge in [0.2, 0.25) is 5.88 Å². The normalized spacial score (nSPS) is 24.6. The molecule has 0 saturated carbocycles. The molecule has 1 heterocycles. The van der Waals surface area contributed by atoms with Crippen molar-refractivity contribution in [3.63, 3.8) is 0 Å². The van der Waals surface area contributed by atoms with Crippen LogP contribution in [0.3, 0.4) is 0 Å². The first-order valence-electron chi connectivity index (χ1n) is 11.2. The molecule has 1 fully saturated rings. The van der Waals surface area contributed by atoms with E-state index in [0.717, 1.165) is 11.2 Å². The lowest BCUT2D eigenvalue weighted by Crippen LogP contribution is -2.41. The van der Waals surface area contributed by atoms with Crippen molar-refractivity contribution < 1.29 is 23.6 Å². The number of para-hydroxylation sites is 1. The van der Waals surface area contributed by atoms with Crippen molar-refractivity contribution in [1.82, 2.24) is 0 Å². The van der Waals surface area contributed by atoms with Crippen LogP contribution < -0.4 is 11.1 Å². The zero-order valence-corrected chi connectivity index (χ0v) is 19.8. The van der Waals surface area contributed by atoms with Crippen molar-refractivity contribution in [2.45, 2.75) is 65.1 Å². The van der Waals surface area contributed by atoms with Crippen LogP contribution in [0.5, 0.6) is 0 Å². The highest BCUT2D eigenvalue weighted by molar-refractivity contribution is 6.54. The molecule has 1 atom stereocenters. The Kier molecular flexibility index (Phi) is 7.25. The van der Waals surface area contributed by atoms with Crippen molar-refractivity contribution in [3.05, 3.63) is 54.0 Å². The molecular formula is C24H35BN2O5. The summed E-state index contributed by atoms with van der Waals surface area (Å²) in [5, 5.41) is 3.13. The summed E-state index contributed by atoms with van der Waals surface area (Å²) in [6.07, 6.45) is 5.12. The Morgan fingerprint density at radius 3 is 2.34 bits per heavy atom. The number of benzene rings is 1. The van der Waals surface area contributed by atoms with Crippen molar-refractivity contribution in [2.24, 2.45) is 11.1 Å². The zero-order valence-electron chi connectivity index (χ0n) is 19.8. The van der Waals surface area contributed by atoms with Crippen LogP contribution in [-0.4, -0.2) is 37.5 Å². The largest absolute Gasteiger partial charge is 0.490 e. The zero-order chi connectivity index (χ0) is 23.4. The number of nitrogens with two attached hydrogens (primary N) is 1. The van der Waals surface area contributed by atoms with Crippen LogP contribution in [0.15, 0.2) is 54.0 Å². The van der Waals surface area contributed by atoms with Crippen LogP contribution >= 0.6 is 0 Å². The summed E-state index contributed by atoms with van der Waals surface area (Å²) >= 11 is 0. The second kappa shape index (κ2) is 9.59. The van der Waals surface area contributed by atoms with Gasteiger partial charge < -0.3 is 29.8 Å². The van der Waals surface area contributed by atoms with Crippen LogP contribution in [0.25, 0.3) is 0 Å². The summed E-state index contributed by atoms with van der Waals surface area (Å²) < 4.78 is 23.8. The maximum Gasteiger partial charge on any atom is 0.490 e. The average Bonchev–Trinajstić information content (AvgIpc) is 2.99. The molecule has 2 aliphatic rings. The number of nitrogens with one attached hydrogen (secondary N) is 1. The highest BCUT2D eigenvalue weighted by atomic mass is 16.7. The summed E-state index contributed by atoms with van der Waals surface area (Å²) in [4.78, 5) is 12.9. The molecule has 1 aliphatic carbocycles. The monoisotopic (exact) mass is 442 g/mol. The van der Waals surface area contributed by atoms with Gasteiger partial charge in [-0.1, -0.05) is 24.3 Å². The van der Waals surface area contributed by atoms with E-state index in [4.69, 9.17) is 24.5 Å². The minimum absolute atomic E-state index is 0.155. The molecule has 0 bridgehead atoms. The number of carbonyl (C=O) groups excluding carboxylic acids is 1. The summed E-state index contributed by atoms with van der Waals surface area (Å²) in [5.41, 5.74) is 6.06. The van der Waals surface area contributed by atoms with Gasteiger partial charge in [-0.3, -0.25) is 4.79 Å². The van der Waals surface area contributed by atoms with Gasteiger partial charge in [0.05, 0.1) is 24.0 Å². The topological polar surface area (TPSA) is 92.0 Å². The Hall–Kier alpha value is -2.45. The smallest absolute Gasteiger partial charge is 0.477 e. The van der Waals surface area contributed by atoms with Gasteiger partial charge in [0, 0.05) is 5.69 Å². The van der Waals surface area contributed by atoms with E-state index in [1.807, 2.05) is 71.0 Å². The molecule has 3 rings (SSSR count). The number of ether oxygens (including phenoxy) is 2. The van der Waals surface area contributed by atoms with E-state index in [1.54, 1.807) is 0 Å². The fraction of sp³-hybridized carbons (Fsp3) is 0.542. The lowest BCUT2D eigenvalue weighted by atomic mass is 9.66. The molecule has 0 amide bonds. The third-order valence-corrected chi connectivity index (χ3v) is 6.61. The van der Waals surface area contributed by atoms with Gasteiger partial charge in [-0.25, -0.2) is 0 Å². The maximum atomic E-state index is 12.9. The fourth-order valence-electron chi connectivity index (χ4n) is 3.79. The van der Waals surface area contributed by atoms with E-state index in [9.17, 15) is 4.79 Å². The molecular weight excluding hydrogens is 407 g/mol. The van der Waals surface area contributed by atoms with Crippen LogP contribution in [-0.2, 0) is 23.6 Å². The van der Waals surface area contributed by atoms with Crippen LogP contribution in [0.4, 0.5) is 5.69 Å². The van der Waals surface area contributed by atoms with Gasteiger partial charge in [-0.15, -0.1) is 0 Å². The minimum atomic E-state index is -0.796. The van der Waals surface area contributed by atoms with Gasteiger partial charge in [0.1, 0.15) is 12.0 Å². The predicted octanol–water partition coefficient (Wildman–Crippen LogP) is 4.16. The first kappa shape index (κ1) is 24.2. The van der Waals surface area contributed by atoms with Gasteiger partial charge in [-0.05, 0) is 71.5 Å². The molecule has 1 aromatic carbocycles. The van der Waals surface area contributed by atoms with Gasteiger partial charge in [0.25, 0.3) is 0 Å². The first-order valence-corrected chi connectivity index (χ1v) is 11.2. The molecule has 1 aromatic rings. The predicted molar refractivity (Wildman–Crippen MR) is 125 cm³/mol. The van der Waals surface area contributed by atoms with E-state index in [1.165, 1.54) is 6.20 Å². The number of allylic oxidation sites excluding steroid dienone is 2. The Bertz CT molecular complexity index is 852. The van der Waals surface area contributed by atoms with Crippen molar-refractivity contribution in [3.8, 4) is 0 Å². The number of esters is 1. The number of anilines is 1. The second-order valence-corrected chi connectivity index (χ2v) is 9.38. The van der Waals surface area contributed by atoms with Gasteiger partial charge in [-0.2, -0.15) is 0 Å². The third kappa shape index (κ3) is 5.13. The average molecular weight is 442 g/mol. The number of hydrogen-bond acceptors (Lipinski definition) is 7. The highest BCUT2D eigenvalue weighted by Gasteiger charge is 2.53. The molecule has 8 heteroatoms. The second-order valence-electron chi connectivity index (χ2n) is 9.38.